The average Bonchev–Trinajstić information content (AvgIpc) is 3.41. The van der Waals surface area contributed by atoms with Crippen molar-refractivity contribution in [2.75, 3.05) is 20.3 Å². The van der Waals surface area contributed by atoms with Crippen LogP contribution in [0.4, 0.5) is 0 Å². The summed E-state index contributed by atoms with van der Waals surface area (Å²) in [6.07, 6.45) is 3.84. The Labute approximate surface area is 256 Å². The van der Waals surface area contributed by atoms with E-state index in [9.17, 15) is 4.79 Å². The van der Waals surface area contributed by atoms with Gasteiger partial charge in [0.1, 0.15) is 24.9 Å². The Bertz CT molecular complexity index is 1450. The van der Waals surface area contributed by atoms with Crippen LogP contribution in [0, 0.1) is 5.41 Å². The minimum atomic E-state index is -1.19. The largest absolute Gasteiger partial charge is 0.492 e. The van der Waals surface area contributed by atoms with Gasteiger partial charge < -0.3 is 23.5 Å². The molecule has 4 aromatic rings. The summed E-state index contributed by atoms with van der Waals surface area (Å²) in [7, 11) is 0.198. The van der Waals surface area contributed by atoms with Gasteiger partial charge in [0.2, 0.25) is 0 Å². The highest BCUT2D eigenvalue weighted by molar-refractivity contribution is 6.76. The van der Waals surface area contributed by atoms with E-state index >= 15 is 0 Å². The standard InChI is InChI=1S/C34H43N3O5Si/c1-34(2,33(38)39-3)24-42-30-15-12-27(13-16-30)31-17-14-28(20-35-31)32-36-29(23-41-22-26-10-8-7-9-11-26)21-37(32)25-40-18-19-43(4,5)6/h7-17,20-21H,18-19,22-25H2,1-6H3. The Morgan fingerprint density at radius 2 is 1.63 bits per heavy atom. The van der Waals surface area contributed by atoms with Crippen LogP contribution in [-0.4, -0.2) is 48.9 Å². The molecule has 0 atom stereocenters. The van der Waals surface area contributed by atoms with Crippen LogP contribution in [-0.2, 0) is 38.9 Å². The van der Waals surface area contributed by atoms with Crippen LogP contribution >= 0.6 is 0 Å². The number of rotatable bonds is 15. The van der Waals surface area contributed by atoms with Gasteiger partial charge in [-0.2, -0.15) is 0 Å². The molecule has 8 nitrogen and oxygen atoms in total. The lowest BCUT2D eigenvalue weighted by molar-refractivity contribution is -0.152. The van der Waals surface area contributed by atoms with E-state index in [1.54, 1.807) is 13.8 Å². The van der Waals surface area contributed by atoms with Crippen molar-refractivity contribution in [3.8, 4) is 28.4 Å². The third-order valence-electron chi connectivity index (χ3n) is 6.92. The number of benzene rings is 2. The fraction of sp³-hybridized carbons (Fsp3) is 0.382. The molecule has 9 heteroatoms. The number of carbonyl (C=O) groups is 1. The summed E-state index contributed by atoms with van der Waals surface area (Å²) in [4.78, 5) is 21.5. The lowest BCUT2D eigenvalue weighted by atomic mass is 9.95. The third kappa shape index (κ3) is 9.61. The minimum absolute atomic E-state index is 0.222. The highest BCUT2D eigenvalue weighted by Crippen LogP contribution is 2.26. The molecule has 0 unspecified atom stereocenters. The Kier molecular flexibility index (Phi) is 10.9. The number of esters is 1. The van der Waals surface area contributed by atoms with Crippen molar-refractivity contribution < 1.29 is 23.7 Å². The Balaban J connectivity index is 1.44. The smallest absolute Gasteiger partial charge is 0.314 e. The first-order chi connectivity index (χ1) is 20.5. The molecule has 0 aliphatic carbocycles. The normalized spacial score (nSPS) is 11.9. The van der Waals surface area contributed by atoms with Gasteiger partial charge in [-0.15, -0.1) is 0 Å². The molecule has 0 saturated heterocycles. The first-order valence-corrected chi connectivity index (χ1v) is 18.3. The molecule has 2 aromatic heterocycles. The van der Waals surface area contributed by atoms with Crippen LogP contribution in [0.3, 0.4) is 0 Å². The summed E-state index contributed by atoms with van der Waals surface area (Å²) in [6.45, 7) is 12.9. The van der Waals surface area contributed by atoms with Crippen LogP contribution in [0.15, 0.2) is 79.1 Å². The van der Waals surface area contributed by atoms with E-state index in [0.717, 1.165) is 46.6 Å². The van der Waals surface area contributed by atoms with Gasteiger partial charge in [-0.1, -0.05) is 50.0 Å². The maximum atomic E-state index is 11.9. The van der Waals surface area contributed by atoms with E-state index in [2.05, 4.69) is 31.8 Å². The van der Waals surface area contributed by atoms with Crippen molar-refractivity contribution in [3.63, 3.8) is 0 Å². The quantitative estimate of drug-likeness (QED) is 0.0808. The molecule has 0 saturated carbocycles. The number of aromatic nitrogens is 3. The lowest BCUT2D eigenvalue weighted by Crippen LogP contribution is -2.32. The molecule has 0 amide bonds. The van der Waals surface area contributed by atoms with Gasteiger partial charge in [0, 0.05) is 38.2 Å². The molecule has 0 spiro atoms. The van der Waals surface area contributed by atoms with Gasteiger partial charge in [0.25, 0.3) is 0 Å². The molecule has 0 aliphatic rings. The molecule has 43 heavy (non-hydrogen) atoms. The number of nitrogens with zero attached hydrogens (tertiary/aromatic N) is 3. The van der Waals surface area contributed by atoms with Crippen LogP contribution < -0.4 is 4.74 Å². The SMILES string of the molecule is COC(=O)C(C)(C)COc1ccc(-c2ccc(-c3nc(COCc4ccccc4)cn3COCC[Si](C)(C)C)cn2)cc1. The highest BCUT2D eigenvalue weighted by atomic mass is 28.3. The number of hydrogen-bond acceptors (Lipinski definition) is 7. The van der Waals surface area contributed by atoms with Crippen molar-refractivity contribution in [3.05, 3.63) is 90.4 Å². The van der Waals surface area contributed by atoms with Gasteiger partial charge in [-0.05, 0) is 61.9 Å². The predicted octanol–water partition coefficient (Wildman–Crippen LogP) is 7.22. The molecule has 2 aromatic carbocycles. The third-order valence-corrected chi connectivity index (χ3v) is 8.63. The number of ether oxygens (including phenoxy) is 4. The Morgan fingerprint density at radius 1 is 0.907 bits per heavy atom. The molecular weight excluding hydrogens is 558 g/mol. The topological polar surface area (TPSA) is 84.7 Å². The van der Waals surface area contributed by atoms with Crippen LogP contribution in [0.2, 0.25) is 25.7 Å². The molecule has 4 rings (SSSR count). The van der Waals surface area contributed by atoms with Crippen molar-refractivity contribution in [1.29, 1.82) is 0 Å². The summed E-state index contributed by atoms with van der Waals surface area (Å²) in [5, 5.41) is 0. The summed E-state index contributed by atoms with van der Waals surface area (Å²) in [6, 6.07) is 22.9. The number of methoxy groups -OCH3 is 1. The number of imidazole rings is 1. The van der Waals surface area contributed by atoms with Crippen molar-refractivity contribution in [1.82, 2.24) is 14.5 Å². The zero-order chi connectivity index (χ0) is 30.9. The summed E-state index contributed by atoms with van der Waals surface area (Å²) in [5.74, 6) is 1.16. The molecular formula is C34H43N3O5Si. The summed E-state index contributed by atoms with van der Waals surface area (Å²) in [5.41, 5.74) is 3.93. The number of carbonyl (C=O) groups excluding carboxylic acids is 1. The van der Waals surface area contributed by atoms with Gasteiger partial charge in [-0.3, -0.25) is 9.78 Å². The number of hydrogen-bond donors (Lipinski definition) is 0. The number of pyridine rings is 1. The minimum Gasteiger partial charge on any atom is -0.492 e. The Hall–Kier alpha value is -3.79. The fourth-order valence-electron chi connectivity index (χ4n) is 4.28. The lowest BCUT2D eigenvalue weighted by Gasteiger charge is -2.21. The zero-order valence-corrected chi connectivity index (χ0v) is 27.1. The highest BCUT2D eigenvalue weighted by Gasteiger charge is 2.29. The zero-order valence-electron chi connectivity index (χ0n) is 26.1. The molecule has 0 radical (unpaired) electrons. The molecule has 228 valence electrons. The first-order valence-electron chi connectivity index (χ1n) is 14.6. The summed E-state index contributed by atoms with van der Waals surface area (Å²) < 4.78 is 24.8. The second-order valence-corrected chi connectivity index (χ2v) is 18.1. The van der Waals surface area contributed by atoms with Gasteiger partial charge in [-0.25, -0.2) is 4.98 Å². The fourth-order valence-corrected chi connectivity index (χ4v) is 5.03. The van der Waals surface area contributed by atoms with E-state index in [0.29, 0.717) is 25.7 Å². The average molecular weight is 602 g/mol. The summed E-state index contributed by atoms with van der Waals surface area (Å²) >= 11 is 0. The molecule has 0 fully saturated rings. The van der Waals surface area contributed by atoms with Gasteiger partial charge in [0.05, 0.1) is 37.1 Å². The molecule has 0 bridgehead atoms. The van der Waals surface area contributed by atoms with Gasteiger partial charge in [0.15, 0.2) is 0 Å². The van der Waals surface area contributed by atoms with Crippen LogP contribution in [0.1, 0.15) is 25.1 Å². The molecule has 2 heterocycles. The van der Waals surface area contributed by atoms with Crippen molar-refractivity contribution in [2.24, 2.45) is 5.41 Å². The van der Waals surface area contributed by atoms with E-state index in [1.165, 1.54) is 7.11 Å². The van der Waals surface area contributed by atoms with E-state index in [1.807, 2.05) is 71.6 Å². The maximum Gasteiger partial charge on any atom is 0.314 e. The van der Waals surface area contributed by atoms with Crippen molar-refractivity contribution in [2.45, 2.75) is 59.5 Å². The monoisotopic (exact) mass is 601 g/mol. The van der Waals surface area contributed by atoms with E-state index in [4.69, 9.17) is 28.9 Å². The second-order valence-electron chi connectivity index (χ2n) is 12.5. The molecule has 0 aliphatic heterocycles. The van der Waals surface area contributed by atoms with Gasteiger partial charge >= 0.3 is 5.97 Å². The van der Waals surface area contributed by atoms with E-state index in [-0.39, 0.29) is 12.6 Å². The van der Waals surface area contributed by atoms with E-state index < -0.39 is 13.5 Å². The van der Waals surface area contributed by atoms with Crippen LogP contribution in [0.5, 0.6) is 5.75 Å². The van der Waals surface area contributed by atoms with Crippen LogP contribution in [0.25, 0.3) is 22.6 Å². The first kappa shape index (κ1) is 32.1. The molecule has 0 N–H and O–H groups in total. The maximum absolute atomic E-state index is 11.9. The second kappa shape index (κ2) is 14.6. The predicted molar refractivity (Wildman–Crippen MR) is 171 cm³/mol. The van der Waals surface area contributed by atoms with Crippen molar-refractivity contribution >= 4 is 14.0 Å². The Morgan fingerprint density at radius 3 is 2.28 bits per heavy atom.